The summed E-state index contributed by atoms with van der Waals surface area (Å²) < 4.78 is 0. The van der Waals surface area contributed by atoms with E-state index in [0.717, 1.165) is 11.1 Å². The second-order valence-corrected chi connectivity index (χ2v) is 5.63. The predicted octanol–water partition coefficient (Wildman–Crippen LogP) is 2.84. The lowest BCUT2D eigenvalue weighted by Crippen LogP contribution is -2.27. The van der Waals surface area contributed by atoms with Gasteiger partial charge in [-0.3, -0.25) is 9.59 Å². The number of hydrogen-bond acceptors (Lipinski definition) is 2. The molecule has 4 heteroatoms. The molecule has 0 aromatic heterocycles. The van der Waals surface area contributed by atoms with Crippen LogP contribution in [0.2, 0.25) is 0 Å². The summed E-state index contributed by atoms with van der Waals surface area (Å²) in [5.74, 6) is -0.119. The van der Waals surface area contributed by atoms with Crippen molar-refractivity contribution in [2.75, 3.05) is 6.54 Å². The van der Waals surface area contributed by atoms with Crippen molar-refractivity contribution in [3.05, 3.63) is 59.7 Å². The number of nitrogens with one attached hydrogen (secondary N) is 1. The van der Waals surface area contributed by atoms with Gasteiger partial charge in [0.1, 0.15) is 0 Å². The van der Waals surface area contributed by atoms with E-state index >= 15 is 0 Å². The Morgan fingerprint density at radius 2 is 1.68 bits per heavy atom. The van der Waals surface area contributed by atoms with Gasteiger partial charge in [-0.1, -0.05) is 38.1 Å². The molecule has 2 amide bonds. The van der Waals surface area contributed by atoms with Crippen LogP contribution in [0.25, 0.3) is 11.1 Å². The third-order valence-electron chi connectivity index (χ3n) is 3.30. The van der Waals surface area contributed by atoms with Gasteiger partial charge in [0.05, 0.1) is 0 Å². The Morgan fingerprint density at radius 3 is 2.27 bits per heavy atom. The summed E-state index contributed by atoms with van der Waals surface area (Å²) in [5, 5.41) is 2.90. The Hall–Kier alpha value is -2.62. The van der Waals surface area contributed by atoms with Crippen LogP contribution in [-0.4, -0.2) is 18.4 Å². The Morgan fingerprint density at radius 1 is 1.00 bits per heavy atom. The van der Waals surface area contributed by atoms with Crippen molar-refractivity contribution in [2.24, 2.45) is 11.7 Å². The summed E-state index contributed by atoms with van der Waals surface area (Å²) in [7, 11) is 0. The third kappa shape index (κ3) is 3.95. The lowest BCUT2D eigenvalue weighted by molar-refractivity contribution is 0.0948. The summed E-state index contributed by atoms with van der Waals surface area (Å²) in [6.45, 7) is 4.75. The van der Waals surface area contributed by atoms with Crippen LogP contribution < -0.4 is 11.1 Å². The fourth-order valence-electron chi connectivity index (χ4n) is 2.07. The first-order valence-electron chi connectivity index (χ1n) is 7.26. The van der Waals surface area contributed by atoms with Crippen molar-refractivity contribution in [3.63, 3.8) is 0 Å². The summed E-state index contributed by atoms with van der Waals surface area (Å²) in [6, 6.07) is 14.4. The van der Waals surface area contributed by atoms with Gasteiger partial charge in [-0.25, -0.2) is 0 Å². The molecule has 22 heavy (non-hydrogen) atoms. The predicted molar refractivity (Wildman–Crippen MR) is 87.6 cm³/mol. The van der Waals surface area contributed by atoms with Gasteiger partial charge in [-0.15, -0.1) is 0 Å². The van der Waals surface area contributed by atoms with E-state index in [2.05, 4.69) is 19.2 Å². The number of hydrogen-bond donors (Lipinski definition) is 2. The van der Waals surface area contributed by atoms with Crippen LogP contribution in [0.5, 0.6) is 0 Å². The van der Waals surface area contributed by atoms with Crippen LogP contribution in [0, 0.1) is 5.92 Å². The average Bonchev–Trinajstić information content (AvgIpc) is 2.52. The van der Waals surface area contributed by atoms with Crippen LogP contribution in [0.4, 0.5) is 0 Å². The van der Waals surface area contributed by atoms with Crippen molar-refractivity contribution >= 4 is 11.8 Å². The van der Waals surface area contributed by atoms with Crippen molar-refractivity contribution in [2.45, 2.75) is 13.8 Å². The topological polar surface area (TPSA) is 72.2 Å². The van der Waals surface area contributed by atoms with Crippen LogP contribution >= 0.6 is 0 Å². The first kappa shape index (κ1) is 15.8. The molecule has 0 heterocycles. The zero-order chi connectivity index (χ0) is 16.1. The maximum absolute atomic E-state index is 12.1. The normalized spacial score (nSPS) is 10.5. The summed E-state index contributed by atoms with van der Waals surface area (Å²) in [6.07, 6.45) is 0. The molecular weight excluding hydrogens is 276 g/mol. The van der Waals surface area contributed by atoms with Crippen LogP contribution in [-0.2, 0) is 0 Å². The number of amides is 2. The molecule has 2 aromatic rings. The zero-order valence-corrected chi connectivity index (χ0v) is 12.8. The molecule has 114 valence electrons. The Balaban J connectivity index is 2.20. The Bertz CT molecular complexity index is 676. The summed E-state index contributed by atoms with van der Waals surface area (Å²) in [5.41, 5.74) is 8.18. The van der Waals surface area contributed by atoms with Crippen molar-refractivity contribution in [3.8, 4) is 11.1 Å². The van der Waals surface area contributed by atoms with Crippen LogP contribution in [0.1, 0.15) is 34.6 Å². The van der Waals surface area contributed by atoms with Gasteiger partial charge in [0.15, 0.2) is 0 Å². The van der Waals surface area contributed by atoms with E-state index in [0.29, 0.717) is 23.6 Å². The lowest BCUT2D eigenvalue weighted by Gasteiger charge is -2.09. The number of nitrogens with two attached hydrogens (primary N) is 1. The highest BCUT2D eigenvalue weighted by molar-refractivity contribution is 5.96. The van der Waals surface area contributed by atoms with E-state index in [9.17, 15) is 9.59 Å². The molecule has 2 aromatic carbocycles. The molecule has 0 fully saturated rings. The maximum atomic E-state index is 12.1. The van der Waals surface area contributed by atoms with E-state index in [1.807, 2.05) is 30.3 Å². The molecule has 0 aliphatic heterocycles. The molecule has 0 aliphatic carbocycles. The van der Waals surface area contributed by atoms with Crippen molar-refractivity contribution in [1.29, 1.82) is 0 Å². The van der Waals surface area contributed by atoms with E-state index < -0.39 is 5.91 Å². The number of rotatable bonds is 5. The summed E-state index contributed by atoms with van der Waals surface area (Å²) in [4.78, 5) is 23.2. The minimum Gasteiger partial charge on any atom is -0.366 e. The molecule has 0 unspecified atom stereocenters. The minimum atomic E-state index is -0.451. The molecule has 2 rings (SSSR count). The molecule has 0 aliphatic rings. The fourth-order valence-corrected chi connectivity index (χ4v) is 2.07. The van der Waals surface area contributed by atoms with E-state index in [4.69, 9.17) is 5.73 Å². The highest BCUT2D eigenvalue weighted by Crippen LogP contribution is 2.21. The van der Waals surface area contributed by atoms with E-state index in [-0.39, 0.29) is 5.91 Å². The van der Waals surface area contributed by atoms with Gasteiger partial charge in [-0.05, 0) is 41.3 Å². The highest BCUT2D eigenvalue weighted by atomic mass is 16.2. The fraction of sp³-hybridized carbons (Fsp3) is 0.222. The van der Waals surface area contributed by atoms with Crippen LogP contribution in [0.15, 0.2) is 48.5 Å². The molecule has 0 atom stereocenters. The van der Waals surface area contributed by atoms with E-state index in [1.165, 1.54) is 0 Å². The third-order valence-corrected chi connectivity index (χ3v) is 3.30. The largest absolute Gasteiger partial charge is 0.366 e. The molecule has 0 spiro atoms. The van der Waals surface area contributed by atoms with Gasteiger partial charge in [0, 0.05) is 17.7 Å². The lowest BCUT2D eigenvalue weighted by atomic mass is 10.0. The SMILES string of the molecule is CC(C)CNC(=O)c1cccc(-c2ccc(C(N)=O)cc2)c1. The first-order valence-corrected chi connectivity index (χ1v) is 7.26. The smallest absolute Gasteiger partial charge is 0.251 e. The molecule has 0 radical (unpaired) electrons. The zero-order valence-electron chi connectivity index (χ0n) is 12.8. The maximum Gasteiger partial charge on any atom is 0.251 e. The average molecular weight is 296 g/mol. The first-order chi connectivity index (χ1) is 10.5. The van der Waals surface area contributed by atoms with Gasteiger partial charge in [0.2, 0.25) is 5.91 Å². The van der Waals surface area contributed by atoms with Crippen molar-refractivity contribution < 1.29 is 9.59 Å². The molecule has 4 nitrogen and oxygen atoms in total. The molecule has 3 N–H and O–H groups in total. The van der Waals surface area contributed by atoms with E-state index in [1.54, 1.807) is 18.2 Å². The van der Waals surface area contributed by atoms with Gasteiger partial charge < -0.3 is 11.1 Å². The number of carbonyl (C=O) groups is 2. The van der Waals surface area contributed by atoms with Crippen molar-refractivity contribution in [1.82, 2.24) is 5.32 Å². The summed E-state index contributed by atoms with van der Waals surface area (Å²) >= 11 is 0. The minimum absolute atomic E-state index is 0.0793. The highest BCUT2D eigenvalue weighted by Gasteiger charge is 2.08. The number of benzene rings is 2. The Labute approximate surface area is 130 Å². The van der Waals surface area contributed by atoms with Crippen LogP contribution in [0.3, 0.4) is 0 Å². The standard InChI is InChI=1S/C18H20N2O2/c1-12(2)11-20-18(22)16-5-3-4-15(10-16)13-6-8-14(9-7-13)17(19)21/h3-10,12H,11H2,1-2H3,(H2,19,21)(H,20,22). The Kier molecular flexibility index (Phi) is 4.94. The molecule has 0 saturated carbocycles. The molecular formula is C18H20N2O2. The second-order valence-electron chi connectivity index (χ2n) is 5.63. The van der Waals surface area contributed by atoms with Gasteiger partial charge >= 0.3 is 0 Å². The number of carbonyl (C=O) groups excluding carboxylic acids is 2. The second kappa shape index (κ2) is 6.89. The molecule has 0 bridgehead atoms. The van der Waals surface area contributed by atoms with Gasteiger partial charge in [-0.2, -0.15) is 0 Å². The molecule has 0 saturated heterocycles. The van der Waals surface area contributed by atoms with Gasteiger partial charge in [0.25, 0.3) is 5.91 Å². The quantitative estimate of drug-likeness (QED) is 0.890. The monoisotopic (exact) mass is 296 g/mol. The number of primary amides is 1.